The first-order valence-corrected chi connectivity index (χ1v) is 12.3. The van der Waals surface area contributed by atoms with Crippen molar-refractivity contribution in [2.45, 2.75) is 32.7 Å². The summed E-state index contributed by atoms with van der Waals surface area (Å²) in [6.45, 7) is 4.41. The Morgan fingerprint density at radius 1 is 1.12 bits per heavy atom. The number of benzene rings is 2. The molecule has 0 saturated carbocycles. The number of sulfonamides is 1. The van der Waals surface area contributed by atoms with E-state index in [1.165, 1.54) is 4.31 Å². The smallest absolute Gasteiger partial charge is 0.252 e. The molecular formula is C23H29N3O6S. The van der Waals surface area contributed by atoms with Crippen molar-refractivity contribution in [2.75, 3.05) is 25.4 Å². The standard InChI is InChI=1S/C23H29N3O6S/c1-16-13-26(14-17(2)32-16)33(29,30)11-10-25-23(28)19-7-5-6-18(12-19)15-31-21-9-4-3-8-20(21)22(24)27/h3-9,12,16-17H,10-11,13-15H2,1-2H3,(H2,24,27)(H,25,28). The zero-order valence-electron chi connectivity index (χ0n) is 18.7. The molecular weight excluding hydrogens is 446 g/mol. The SMILES string of the molecule is CC1CN(S(=O)(=O)CCNC(=O)c2cccc(COc3ccccc3C(N)=O)c2)CC(C)O1. The molecule has 2 aromatic rings. The molecule has 1 heterocycles. The van der Waals surface area contributed by atoms with Crippen LogP contribution in [0.25, 0.3) is 0 Å². The minimum absolute atomic E-state index is 0.00595. The lowest BCUT2D eigenvalue weighted by atomic mass is 10.1. The van der Waals surface area contributed by atoms with E-state index in [-0.39, 0.29) is 42.6 Å². The molecule has 1 saturated heterocycles. The molecule has 2 amide bonds. The second-order valence-electron chi connectivity index (χ2n) is 8.00. The molecule has 33 heavy (non-hydrogen) atoms. The summed E-state index contributed by atoms with van der Waals surface area (Å²) < 4.78 is 37.9. The monoisotopic (exact) mass is 475 g/mol. The van der Waals surface area contributed by atoms with Crippen LogP contribution in [-0.4, -0.2) is 62.1 Å². The molecule has 0 aliphatic carbocycles. The lowest BCUT2D eigenvalue weighted by Crippen LogP contribution is -2.49. The Bertz CT molecular complexity index is 1090. The summed E-state index contributed by atoms with van der Waals surface area (Å²) in [6, 6.07) is 13.4. The van der Waals surface area contributed by atoms with E-state index in [2.05, 4.69) is 5.32 Å². The van der Waals surface area contributed by atoms with Crippen LogP contribution in [0.4, 0.5) is 0 Å². The fraction of sp³-hybridized carbons (Fsp3) is 0.391. The van der Waals surface area contributed by atoms with Gasteiger partial charge in [0.15, 0.2) is 0 Å². The molecule has 178 valence electrons. The highest BCUT2D eigenvalue weighted by molar-refractivity contribution is 7.89. The molecule has 10 heteroatoms. The summed E-state index contributed by atoms with van der Waals surface area (Å²) in [5, 5.41) is 2.66. The molecule has 0 aromatic heterocycles. The number of carbonyl (C=O) groups excluding carboxylic acids is 2. The number of morpholine rings is 1. The van der Waals surface area contributed by atoms with Gasteiger partial charge in [-0.25, -0.2) is 8.42 Å². The maximum absolute atomic E-state index is 12.6. The number of para-hydroxylation sites is 1. The lowest BCUT2D eigenvalue weighted by Gasteiger charge is -2.34. The number of hydrogen-bond donors (Lipinski definition) is 2. The van der Waals surface area contributed by atoms with Crippen molar-refractivity contribution in [3.05, 3.63) is 65.2 Å². The third kappa shape index (κ3) is 6.77. The van der Waals surface area contributed by atoms with E-state index in [1.54, 1.807) is 48.5 Å². The second kappa shape index (κ2) is 10.8. The van der Waals surface area contributed by atoms with E-state index in [1.807, 2.05) is 13.8 Å². The third-order valence-electron chi connectivity index (χ3n) is 5.16. The zero-order chi connectivity index (χ0) is 24.0. The van der Waals surface area contributed by atoms with Gasteiger partial charge < -0.3 is 20.5 Å². The Balaban J connectivity index is 1.55. The topological polar surface area (TPSA) is 128 Å². The van der Waals surface area contributed by atoms with Crippen molar-refractivity contribution in [2.24, 2.45) is 5.73 Å². The Morgan fingerprint density at radius 2 is 1.82 bits per heavy atom. The van der Waals surface area contributed by atoms with Crippen molar-refractivity contribution in [3.8, 4) is 5.75 Å². The number of primary amides is 1. The molecule has 1 aliphatic rings. The fourth-order valence-electron chi connectivity index (χ4n) is 3.64. The number of nitrogens with zero attached hydrogens (tertiary/aromatic N) is 1. The van der Waals surface area contributed by atoms with E-state index in [0.717, 1.165) is 0 Å². The molecule has 3 rings (SSSR count). The molecule has 2 atom stereocenters. The highest BCUT2D eigenvalue weighted by Gasteiger charge is 2.30. The Labute approximate surface area is 193 Å². The number of hydrogen-bond acceptors (Lipinski definition) is 6. The molecule has 0 spiro atoms. The summed E-state index contributed by atoms with van der Waals surface area (Å²) >= 11 is 0. The summed E-state index contributed by atoms with van der Waals surface area (Å²) in [5.41, 5.74) is 6.73. The normalized spacial score (nSPS) is 19.1. The van der Waals surface area contributed by atoms with E-state index in [9.17, 15) is 18.0 Å². The van der Waals surface area contributed by atoms with Gasteiger partial charge in [-0.05, 0) is 43.7 Å². The van der Waals surface area contributed by atoms with Crippen LogP contribution in [0.15, 0.2) is 48.5 Å². The second-order valence-corrected chi connectivity index (χ2v) is 10.1. The first-order chi connectivity index (χ1) is 15.7. The molecule has 0 bridgehead atoms. The number of ether oxygens (including phenoxy) is 2. The quantitative estimate of drug-likeness (QED) is 0.566. The van der Waals surface area contributed by atoms with Crippen molar-refractivity contribution in [1.29, 1.82) is 0 Å². The fourth-order valence-corrected chi connectivity index (χ4v) is 5.13. The lowest BCUT2D eigenvalue weighted by molar-refractivity contribution is -0.0440. The van der Waals surface area contributed by atoms with E-state index in [0.29, 0.717) is 30.0 Å². The van der Waals surface area contributed by atoms with Crippen molar-refractivity contribution < 1.29 is 27.5 Å². The molecule has 2 aromatic carbocycles. The molecule has 1 aliphatic heterocycles. The largest absolute Gasteiger partial charge is 0.488 e. The van der Waals surface area contributed by atoms with Gasteiger partial charge in [0.2, 0.25) is 10.0 Å². The van der Waals surface area contributed by atoms with Crippen LogP contribution in [0.2, 0.25) is 0 Å². The van der Waals surface area contributed by atoms with Gasteiger partial charge in [0.25, 0.3) is 11.8 Å². The van der Waals surface area contributed by atoms with Gasteiger partial charge in [-0.2, -0.15) is 4.31 Å². The van der Waals surface area contributed by atoms with Crippen molar-refractivity contribution in [1.82, 2.24) is 9.62 Å². The maximum atomic E-state index is 12.6. The van der Waals surface area contributed by atoms with E-state index < -0.39 is 15.9 Å². The first-order valence-electron chi connectivity index (χ1n) is 10.7. The summed E-state index contributed by atoms with van der Waals surface area (Å²) in [4.78, 5) is 24.1. The van der Waals surface area contributed by atoms with E-state index >= 15 is 0 Å². The minimum Gasteiger partial charge on any atom is -0.488 e. The average Bonchev–Trinajstić information content (AvgIpc) is 2.77. The van der Waals surface area contributed by atoms with Crippen LogP contribution in [-0.2, 0) is 21.4 Å². The highest BCUT2D eigenvalue weighted by atomic mass is 32.2. The average molecular weight is 476 g/mol. The van der Waals surface area contributed by atoms with Gasteiger partial charge in [0.05, 0.1) is 23.5 Å². The number of rotatable bonds is 9. The van der Waals surface area contributed by atoms with Crippen LogP contribution < -0.4 is 15.8 Å². The van der Waals surface area contributed by atoms with Crippen LogP contribution >= 0.6 is 0 Å². The minimum atomic E-state index is -3.50. The van der Waals surface area contributed by atoms with Gasteiger partial charge in [0, 0.05) is 25.2 Å². The summed E-state index contributed by atoms with van der Waals surface area (Å²) in [7, 11) is -3.50. The summed E-state index contributed by atoms with van der Waals surface area (Å²) in [6.07, 6.45) is -0.337. The predicted octanol–water partition coefficient (Wildman–Crippen LogP) is 1.53. The van der Waals surface area contributed by atoms with Crippen molar-refractivity contribution in [3.63, 3.8) is 0 Å². The Morgan fingerprint density at radius 3 is 2.52 bits per heavy atom. The van der Waals surface area contributed by atoms with Gasteiger partial charge >= 0.3 is 0 Å². The van der Waals surface area contributed by atoms with Crippen LogP contribution in [0.3, 0.4) is 0 Å². The predicted molar refractivity (Wildman–Crippen MR) is 123 cm³/mol. The number of amides is 2. The maximum Gasteiger partial charge on any atom is 0.252 e. The van der Waals surface area contributed by atoms with Gasteiger partial charge in [0.1, 0.15) is 12.4 Å². The first kappa shape index (κ1) is 24.7. The van der Waals surface area contributed by atoms with Gasteiger partial charge in [-0.1, -0.05) is 24.3 Å². The van der Waals surface area contributed by atoms with Crippen LogP contribution in [0.1, 0.15) is 40.1 Å². The number of carbonyl (C=O) groups is 2. The molecule has 2 unspecified atom stereocenters. The molecule has 1 fully saturated rings. The van der Waals surface area contributed by atoms with Crippen LogP contribution in [0, 0.1) is 0 Å². The van der Waals surface area contributed by atoms with E-state index in [4.69, 9.17) is 15.2 Å². The summed E-state index contributed by atoms with van der Waals surface area (Å²) in [5.74, 6) is -0.801. The van der Waals surface area contributed by atoms with Crippen LogP contribution in [0.5, 0.6) is 5.75 Å². The van der Waals surface area contributed by atoms with Crippen molar-refractivity contribution >= 4 is 21.8 Å². The molecule has 0 radical (unpaired) electrons. The number of nitrogens with two attached hydrogens (primary N) is 1. The third-order valence-corrected chi connectivity index (χ3v) is 6.97. The zero-order valence-corrected chi connectivity index (χ0v) is 19.5. The molecule has 3 N–H and O–H groups in total. The van der Waals surface area contributed by atoms with Gasteiger partial charge in [-0.15, -0.1) is 0 Å². The Kier molecular flexibility index (Phi) is 8.06. The molecule has 9 nitrogen and oxygen atoms in total. The number of nitrogens with one attached hydrogen (secondary N) is 1. The highest BCUT2D eigenvalue weighted by Crippen LogP contribution is 2.19. The Hall–Kier alpha value is -2.95. The van der Waals surface area contributed by atoms with Gasteiger partial charge in [-0.3, -0.25) is 9.59 Å².